The lowest BCUT2D eigenvalue weighted by molar-refractivity contribution is -0.136. The largest absolute Gasteiger partial charge is 0.481 e. The topological polar surface area (TPSA) is 66.4 Å². The highest BCUT2D eigenvalue weighted by Crippen LogP contribution is 2.18. The molecule has 0 fully saturated rings. The summed E-state index contributed by atoms with van der Waals surface area (Å²) in [7, 11) is 0. The van der Waals surface area contributed by atoms with E-state index in [1.54, 1.807) is 0 Å². The monoisotopic (exact) mass is 325 g/mol. The second kappa shape index (κ2) is 9.50. The van der Waals surface area contributed by atoms with Crippen molar-refractivity contribution in [1.29, 1.82) is 0 Å². The second-order valence-electron chi connectivity index (χ2n) is 5.94. The Morgan fingerprint density at radius 3 is 1.83 bits per heavy atom. The number of amides is 1. The third kappa shape index (κ3) is 6.65. The van der Waals surface area contributed by atoms with Crippen LogP contribution in [-0.4, -0.2) is 23.5 Å². The summed E-state index contributed by atoms with van der Waals surface area (Å²) in [4.78, 5) is 22.6. The lowest BCUT2D eigenvalue weighted by Crippen LogP contribution is -2.28. The summed E-state index contributed by atoms with van der Waals surface area (Å²) in [5.41, 5.74) is 2.41. The van der Waals surface area contributed by atoms with E-state index in [1.165, 1.54) is 11.1 Å². The number of aliphatic carboxylic acids is 1. The molecule has 0 aliphatic carbocycles. The van der Waals surface area contributed by atoms with Gasteiger partial charge in [0, 0.05) is 13.0 Å². The summed E-state index contributed by atoms with van der Waals surface area (Å²) in [5, 5.41) is 11.3. The molecule has 0 saturated heterocycles. The first-order chi connectivity index (χ1) is 11.6. The highest BCUT2D eigenvalue weighted by molar-refractivity contribution is 5.77. The Morgan fingerprint density at radius 1 is 0.875 bits per heavy atom. The van der Waals surface area contributed by atoms with Crippen LogP contribution < -0.4 is 5.32 Å². The van der Waals surface area contributed by atoms with Crippen LogP contribution in [0.25, 0.3) is 0 Å². The zero-order chi connectivity index (χ0) is 17.2. The molecule has 126 valence electrons. The third-order valence-electron chi connectivity index (χ3n) is 3.87. The van der Waals surface area contributed by atoms with Crippen LogP contribution in [0.4, 0.5) is 0 Å². The summed E-state index contributed by atoms with van der Waals surface area (Å²) in [6.07, 6.45) is 1.99. The molecule has 0 atom stereocenters. The van der Waals surface area contributed by atoms with Crippen molar-refractivity contribution in [2.45, 2.75) is 25.7 Å². The van der Waals surface area contributed by atoms with Gasteiger partial charge in [-0.3, -0.25) is 9.59 Å². The predicted molar refractivity (Wildman–Crippen MR) is 93.7 cm³/mol. The molecule has 0 aliphatic rings. The smallest absolute Gasteiger partial charge is 0.305 e. The minimum Gasteiger partial charge on any atom is -0.481 e. The Labute approximate surface area is 142 Å². The fraction of sp³-hybridized carbons (Fsp3) is 0.300. The van der Waals surface area contributed by atoms with E-state index in [0.717, 1.165) is 12.8 Å². The van der Waals surface area contributed by atoms with Crippen molar-refractivity contribution in [1.82, 2.24) is 5.32 Å². The van der Waals surface area contributed by atoms with Gasteiger partial charge < -0.3 is 10.4 Å². The number of benzene rings is 2. The van der Waals surface area contributed by atoms with E-state index in [9.17, 15) is 9.59 Å². The van der Waals surface area contributed by atoms with E-state index in [2.05, 4.69) is 29.6 Å². The Balaban J connectivity index is 1.96. The maximum Gasteiger partial charge on any atom is 0.305 e. The number of carbonyl (C=O) groups is 2. The van der Waals surface area contributed by atoms with Crippen molar-refractivity contribution in [3.63, 3.8) is 0 Å². The first kappa shape index (κ1) is 17.7. The fourth-order valence-electron chi connectivity index (χ4n) is 2.75. The van der Waals surface area contributed by atoms with Gasteiger partial charge in [-0.25, -0.2) is 0 Å². The Kier molecular flexibility index (Phi) is 7.02. The van der Waals surface area contributed by atoms with Gasteiger partial charge in [-0.15, -0.1) is 0 Å². The quantitative estimate of drug-likeness (QED) is 0.744. The van der Waals surface area contributed by atoms with Gasteiger partial charge in [0.1, 0.15) is 0 Å². The Bertz CT molecular complexity index is 599. The minimum atomic E-state index is -0.902. The first-order valence-electron chi connectivity index (χ1n) is 8.20. The molecular weight excluding hydrogens is 302 g/mol. The second-order valence-corrected chi connectivity index (χ2v) is 5.94. The summed E-state index contributed by atoms with van der Waals surface area (Å²) >= 11 is 0. The van der Waals surface area contributed by atoms with Gasteiger partial charge in [-0.05, 0) is 29.9 Å². The lowest BCUT2D eigenvalue weighted by atomic mass is 9.89. The van der Waals surface area contributed by atoms with E-state index >= 15 is 0 Å². The predicted octanol–water partition coefficient (Wildman–Crippen LogP) is 3.07. The normalized spacial score (nSPS) is 10.5. The summed E-state index contributed by atoms with van der Waals surface area (Å²) in [6, 6.07) is 20.2. The number of rotatable bonds is 9. The van der Waals surface area contributed by atoms with E-state index in [4.69, 9.17) is 5.11 Å². The van der Waals surface area contributed by atoms with Gasteiger partial charge in [0.15, 0.2) is 0 Å². The van der Waals surface area contributed by atoms with E-state index in [-0.39, 0.29) is 24.8 Å². The van der Waals surface area contributed by atoms with Gasteiger partial charge in [-0.1, -0.05) is 60.7 Å². The molecule has 0 saturated carbocycles. The van der Waals surface area contributed by atoms with Gasteiger partial charge in [0.2, 0.25) is 5.91 Å². The molecule has 0 bridgehead atoms. The maximum absolute atomic E-state index is 12.1. The molecule has 0 aliphatic heterocycles. The van der Waals surface area contributed by atoms with Crippen LogP contribution in [0.5, 0.6) is 0 Å². The molecule has 1 amide bonds. The summed E-state index contributed by atoms with van der Waals surface area (Å²) < 4.78 is 0. The lowest BCUT2D eigenvalue weighted by Gasteiger charge is -2.17. The fourth-order valence-corrected chi connectivity index (χ4v) is 2.75. The maximum atomic E-state index is 12.1. The molecule has 0 unspecified atom stereocenters. The van der Waals surface area contributed by atoms with Gasteiger partial charge >= 0.3 is 5.97 Å². The molecule has 2 aromatic rings. The molecular formula is C20H23NO3. The molecule has 2 aromatic carbocycles. The third-order valence-corrected chi connectivity index (χ3v) is 3.87. The zero-order valence-electron chi connectivity index (χ0n) is 13.7. The highest BCUT2D eigenvalue weighted by Gasteiger charge is 2.15. The van der Waals surface area contributed by atoms with Crippen LogP contribution in [-0.2, 0) is 22.4 Å². The molecule has 0 heterocycles. The summed E-state index contributed by atoms with van der Waals surface area (Å²) in [6.45, 7) is 0.178. The SMILES string of the molecule is O=C(O)CCNC(=O)CC(Cc1ccccc1)Cc1ccccc1. The average Bonchev–Trinajstić information content (AvgIpc) is 2.56. The molecule has 0 aromatic heterocycles. The van der Waals surface area contributed by atoms with Crippen molar-refractivity contribution in [2.24, 2.45) is 5.92 Å². The van der Waals surface area contributed by atoms with Crippen molar-refractivity contribution in [3.05, 3.63) is 71.8 Å². The molecule has 2 N–H and O–H groups in total. The summed E-state index contributed by atoms with van der Waals surface area (Å²) in [5.74, 6) is -0.812. The molecule has 0 spiro atoms. The number of hydrogen-bond donors (Lipinski definition) is 2. The Morgan fingerprint density at radius 2 is 1.38 bits per heavy atom. The molecule has 4 nitrogen and oxygen atoms in total. The van der Waals surface area contributed by atoms with Gasteiger partial charge in [0.25, 0.3) is 0 Å². The van der Waals surface area contributed by atoms with Crippen molar-refractivity contribution in [2.75, 3.05) is 6.54 Å². The zero-order valence-corrected chi connectivity index (χ0v) is 13.7. The van der Waals surface area contributed by atoms with Crippen molar-refractivity contribution >= 4 is 11.9 Å². The van der Waals surface area contributed by atoms with Crippen molar-refractivity contribution in [3.8, 4) is 0 Å². The number of nitrogens with one attached hydrogen (secondary N) is 1. The number of carboxylic acid groups (broad SMARTS) is 1. The molecule has 0 radical (unpaired) electrons. The average molecular weight is 325 g/mol. The van der Waals surface area contributed by atoms with Crippen molar-refractivity contribution < 1.29 is 14.7 Å². The van der Waals surface area contributed by atoms with E-state index in [0.29, 0.717) is 6.42 Å². The molecule has 4 heteroatoms. The van der Waals surface area contributed by atoms with Crippen LogP contribution >= 0.6 is 0 Å². The molecule has 2 rings (SSSR count). The number of carbonyl (C=O) groups excluding carboxylic acids is 1. The van der Waals surface area contributed by atoms with Crippen LogP contribution in [0.1, 0.15) is 24.0 Å². The van der Waals surface area contributed by atoms with Crippen LogP contribution in [0.2, 0.25) is 0 Å². The number of carboxylic acids is 1. The van der Waals surface area contributed by atoms with Crippen LogP contribution in [0, 0.1) is 5.92 Å². The van der Waals surface area contributed by atoms with Crippen LogP contribution in [0.15, 0.2) is 60.7 Å². The molecule has 24 heavy (non-hydrogen) atoms. The van der Waals surface area contributed by atoms with E-state index in [1.807, 2.05) is 36.4 Å². The first-order valence-corrected chi connectivity index (χ1v) is 8.20. The van der Waals surface area contributed by atoms with Gasteiger partial charge in [-0.2, -0.15) is 0 Å². The highest BCUT2D eigenvalue weighted by atomic mass is 16.4. The van der Waals surface area contributed by atoms with Gasteiger partial charge in [0.05, 0.1) is 6.42 Å². The standard InChI is InChI=1S/C20H23NO3/c22-19(21-12-11-20(23)24)15-18(13-16-7-3-1-4-8-16)14-17-9-5-2-6-10-17/h1-10,18H,11-15H2,(H,21,22)(H,23,24). The van der Waals surface area contributed by atoms with Crippen LogP contribution in [0.3, 0.4) is 0 Å². The van der Waals surface area contributed by atoms with E-state index < -0.39 is 5.97 Å². The Hall–Kier alpha value is -2.62. The number of hydrogen-bond acceptors (Lipinski definition) is 2. The minimum absolute atomic E-state index is 0.0478.